The average molecular weight is 398 g/mol. The van der Waals surface area contributed by atoms with E-state index in [-0.39, 0.29) is 30.3 Å². The highest BCUT2D eigenvalue weighted by molar-refractivity contribution is 5.79. The fourth-order valence-electron chi connectivity index (χ4n) is 3.88. The summed E-state index contributed by atoms with van der Waals surface area (Å²) in [4.78, 5) is 26.7. The lowest BCUT2D eigenvalue weighted by Gasteiger charge is -2.33. The summed E-state index contributed by atoms with van der Waals surface area (Å²) in [5.74, 6) is 0.646. The molecule has 0 saturated carbocycles. The molecule has 1 saturated heterocycles. The molecule has 2 N–H and O–H groups in total. The number of carbonyl (C=O) groups excluding carboxylic acids is 2. The second-order valence-electron chi connectivity index (χ2n) is 7.80. The molecule has 2 atom stereocenters. The van der Waals surface area contributed by atoms with E-state index in [0.717, 1.165) is 30.0 Å². The minimum atomic E-state index is -0.342. The molecule has 0 radical (unpaired) electrons. The van der Waals surface area contributed by atoms with Crippen LogP contribution in [-0.2, 0) is 9.59 Å². The standard InChI is InChI=1S/C23H31N3O3/c1-17-8-10-19(11-9-17)20(25-18(2)27)15-23(28)24-16-21(22-7-6-14-29-22)26-12-4-3-5-13-26/h6-11,14,20-21H,3-5,12-13,15-16H2,1-2H3,(H,24,28)(H,25,27). The second kappa shape index (κ2) is 10.3. The third kappa shape index (κ3) is 6.19. The van der Waals surface area contributed by atoms with Crippen molar-refractivity contribution in [1.82, 2.24) is 15.5 Å². The topological polar surface area (TPSA) is 74.6 Å². The molecule has 0 bridgehead atoms. The fraction of sp³-hybridized carbons (Fsp3) is 0.478. The van der Waals surface area contributed by atoms with Gasteiger partial charge in [0.05, 0.1) is 24.8 Å². The van der Waals surface area contributed by atoms with Crippen molar-refractivity contribution in [3.05, 3.63) is 59.5 Å². The van der Waals surface area contributed by atoms with Crippen LogP contribution in [0.2, 0.25) is 0 Å². The first kappa shape index (κ1) is 21.1. The maximum Gasteiger partial charge on any atom is 0.222 e. The third-order valence-electron chi connectivity index (χ3n) is 5.44. The van der Waals surface area contributed by atoms with E-state index < -0.39 is 0 Å². The van der Waals surface area contributed by atoms with E-state index in [0.29, 0.717) is 6.54 Å². The van der Waals surface area contributed by atoms with Crippen molar-refractivity contribution in [2.45, 2.75) is 51.6 Å². The van der Waals surface area contributed by atoms with Crippen molar-refractivity contribution in [1.29, 1.82) is 0 Å². The maximum absolute atomic E-state index is 12.7. The van der Waals surface area contributed by atoms with Crippen LogP contribution in [0, 0.1) is 6.92 Å². The van der Waals surface area contributed by atoms with Gasteiger partial charge < -0.3 is 15.1 Å². The third-order valence-corrected chi connectivity index (χ3v) is 5.44. The number of furan rings is 1. The van der Waals surface area contributed by atoms with Gasteiger partial charge in [-0.25, -0.2) is 0 Å². The number of nitrogens with zero attached hydrogens (tertiary/aromatic N) is 1. The molecule has 1 aromatic carbocycles. The van der Waals surface area contributed by atoms with Crippen LogP contribution in [0.3, 0.4) is 0 Å². The number of carbonyl (C=O) groups is 2. The van der Waals surface area contributed by atoms with E-state index in [4.69, 9.17) is 4.42 Å². The van der Waals surface area contributed by atoms with E-state index in [1.165, 1.54) is 26.2 Å². The van der Waals surface area contributed by atoms with Crippen LogP contribution >= 0.6 is 0 Å². The molecular weight excluding hydrogens is 366 g/mol. The van der Waals surface area contributed by atoms with Gasteiger partial charge in [-0.1, -0.05) is 36.2 Å². The summed E-state index contributed by atoms with van der Waals surface area (Å²) >= 11 is 0. The van der Waals surface area contributed by atoms with Crippen molar-refractivity contribution in [3.8, 4) is 0 Å². The van der Waals surface area contributed by atoms with E-state index in [9.17, 15) is 9.59 Å². The van der Waals surface area contributed by atoms with E-state index in [2.05, 4.69) is 15.5 Å². The predicted octanol–water partition coefficient (Wildman–Crippen LogP) is 3.50. The number of hydrogen-bond acceptors (Lipinski definition) is 4. The molecule has 2 unspecified atom stereocenters. The van der Waals surface area contributed by atoms with Crippen LogP contribution in [0.1, 0.15) is 61.6 Å². The first-order valence-electron chi connectivity index (χ1n) is 10.4. The van der Waals surface area contributed by atoms with Crippen LogP contribution in [0.15, 0.2) is 47.1 Å². The lowest BCUT2D eigenvalue weighted by atomic mass is 10.0. The van der Waals surface area contributed by atoms with Gasteiger partial charge in [-0.05, 0) is 50.6 Å². The Bertz CT molecular complexity index is 780. The molecule has 1 aromatic heterocycles. The van der Waals surface area contributed by atoms with Crippen LogP contribution in [0.4, 0.5) is 0 Å². The van der Waals surface area contributed by atoms with Crippen molar-refractivity contribution >= 4 is 11.8 Å². The smallest absolute Gasteiger partial charge is 0.222 e. The highest BCUT2D eigenvalue weighted by atomic mass is 16.3. The normalized spacial score (nSPS) is 16.8. The maximum atomic E-state index is 12.7. The molecule has 0 spiro atoms. The van der Waals surface area contributed by atoms with E-state index in [1.54, 1.807) is 6.26 Å². The first-order chi connectivity index (χ1) is 14.0. The number of likely N-dealkylation sites (tertiary alicyclic amines) is 1. The molecule has 2 aromatic rings. The van der Waals surface area contributed by atoms with Crippen molar-refractivity contribution < 1.29 is 14.0 Å². The molecule has 29 heavy (non-hydrogen) atoms. The second-order valence-corrected chi connectivity index (χ2v) is 7.80. The highest BCUT2D eigenvalue weighted by Crippen LogP contribution is 2.25. The summed E-state index contributed by atoms with van der Waals surface area (Å²) in [5, 5.41) is 5.96. The monoisotopic (exact) mass is 397 g/mol. The summed E-state index contributed by atoms with van der Waals surface area (Å²) in [5.41, 5.74) is 2.07. The molecule has 3 rings (SSSR count). The molecule has 1 aliphatic heterocycles. The summed E-state index contributed by atoms with van der Waals surface area (Å²) in [6.07, 6.45) is 5.47. The SMILES string of the molecule is CC(=O)NC(CC(=O)NCC(c1ccco1)N1CCCCC1)c1ccc(C)cc1. The zero-order chi connectivity index (χ0) is 20.6. The highest BCUT2D eigenvalue weighted by Gasteiger charge is 2.25. The predicted molar refractivity (Wildman–Crippen MR) is 112 cm³/mol. The minimum Gasteiger partial charge on any atom is -0.468 e. The Balaban J connectivity index is 1.63. The zero-order valence-electron chi connectivity index (χ0n) is 17.3. The molecule has 6 heteroatoms. The lowest BCUT2D eigenvalue weighted by Crippen LogP contribution is -2.41. The van der Waals surface area contributed by atoms with Crippen LogP contribution < -0.4 is 10.6 Å². The number of rotatable bonds is 8. The Morgan fingerprint density at radius 3 is 2.45 bits per heavy atom. The molecular formula is C23H31N3O3. The van der Waals surface area contributed by atoms with Gasteiger partial charge in [0.1, 0.15) is 5.76 Å². The van der Waals surface area contributed by atoms with Crippen LogP contribution in [0.5, 0.6) is 0 Å². The number of benzene rings is 1. The van der Waals surface area contributed by atoms with Crippen LogP contribution in [0.25, 0.3) is 0 Å². The van der Waals surface area contributed by atoms with Gasteiger partial charge in [0.2, 0.25) is 11.8 Å². The van der Waals surface area contributed by atoms with E-state index in [1.807, 2.05) is 43.3 Å². The molecule has 6 nitrogen and oxygen atoms in total. The fourth-order valence-corrected chi connectivity index (χ4v) is 3.88. The molecule has 2 amide bonds. The zero-order valence-corrected chi connectivity index (χ0v) is 17.3. The Morgan fingerprint density at radius 2 is 1.83 bits per heavy atom. The van der Waals surface area contributed by atoms with Crippen LogP contribution in [-0.4, -0.2) is 36.3 Å². The van der Waals surface area contributed by atoms with Gasteiger partial charge in [-0.2, -0.15) is 0 Å². The van der Waals surface area contributed by atoms with Gasteiger partial charge in [0, 0.05) is 13.5 Å². The van der Waals surface area contributed by atoms with E-state index >= 15 is 0 Å². The Kier molecular flexibility index (Phi) is 7.47. The van der Waals surface area contributed by atoms with Gasteiger partial charge in [-0.3, -0.25) is 14.5 Å². The average Bonchev–Trinajstić information content (AvgIpc) is 3.23. The molecule has 1 aliphatic rings. The largest absolute Gasteiger partial charge is 0.468 e. The van der Waals surface area contributed by atoms with Gasteiger partial charge in [-0.15, -0.1) is 0 Å². The molecule has 0 aliphatic carbocycles. The lowest BCUT2D eigenvalue weighted by molar-refractivity contribution is -0.123. The molecule has 156 valence electrons. The molecule has 1 fully saturated rings. The number of nitrogens with one attached hydrogen (secondary N) is 2. The quantitative estimate of drug-likeness (QED) is 0.715. The summed E-state index contributed by atoms with van der Waals surface area (Å²) in [7, 11) is 0. The van der Waals surface area contributed by atoms with Crippen molar-refractivity contribution in [3.63, 3.8) is 0 Å². The summed E-state index contributed by atoms with van der Waals surface area (Å²) in [6.45, 7) is 6.01. The van der Waals surface area contributed by atoms with Crippen molar-refractivity contribution in [2.75, 3.05) is 19.6 Å². The summed E-state index contributed by atoms with van der Waals surface area (Å²) < 4.78 is 5.65. The minimum absolute atomic E-state index is 0.0350. The van der Waals surface area contributed by atoms with Gasteiger partial charge in [0.25, 0.3) is 0 Å². The van der Waals surface area contributed by atoms with Gasteiger partial charge >= 0.3 is 0 Å². The number of hydrogen-bond donors (Lipinski definition) is 2. The molecule has 2 heterocycles. The summed E-state index contributed by atoms with van der Waals surface area (Å²) in [6, 6.07) is 11.5. The Morgan fingerprint density at radius 1 is 1.10 bits per heavy atom. The van der Waals surface area contributed by atoms with Crippen molar-refractivity contribution in [2.24, 2.45) is 0 Å². The Hall–Kier alpha value is -2.60. The Labute approximate surface area is 172 Å². The first-order valence-corrected chi connectivity index (χ1v) is 10.4. The number of aryl methyl sites for hydroxylation is 1. The number of piperidine rings is 1. The number of amides is 2. The van der Waals surface area contributed by atoms with Gasteiger partial charge in [0.15, 0.2) is 0 Å².